The summed E-state index contributed by atoms with van der Waals surface area (Å²) in [5, 5.41) is 3.03. The van der Waals surface area contributed by atoms with E-state index in [2.05, 4.69) is 10.3 Å². The molecule has 1 saturated heterocycles. The third-order valence-corrected chi connectivity index (χ3v) is 6.52. The van der Waals surface area contributed by atoms with Crippen LogP contribution in [0.3, 0.4) is 0 Å². The SMILES string of the molecule is CCCN(C1CCNC1)S(=O)(=O)c1ccc(S(C)(=O)=O)nc1.Cl. The molecule has 1 aliphatic rings. The fourth-order valence-electron chi connectivity index (χ4n) is 2.48. The highest BCUT2D eigenvalue weighted by molar-refractivity contribution is 7.90. The number of sulfonamides is 1. The van der Waals surface area contributed by atoms with E-state index in [0.717, 1.165) is 25.4 Å². The van der Waals surface area contributed by atoms with Gasteiger partial charge in [0, 0.05) is 31.6 Å². The van der Waals surface area contributed by atoms with E-state index in [9.17, 15) is 16.8 Å². The van der Waals surface area contributed by atoms with Gasteiger partial charge in [0.25, 0.3) is 0 Å². The second-order valence-electron chi connectivity index (χ2n) is 5.37. The molecule has 1 fully saturated rings. The molecule has 0 spiro atoms. The van der Waals surface area contributed by atoms with Gasteiger partial charge in [0.1, 0.15) is 4.90 Å². The first-order chi connectivity index (χ1) is 10.3. The fourth-order valence-corrected chi connectivity index (χ4v) is 4.73. The molecule has 1 unspecified atom stereocenters. The Labute approximate surface area is 143 Å². The Bertz CT molecular complexity index is 714. The summed E-state index contributed by atoms with van der Waals surface area (Å²) in [5.41, 5.74) is 0. The van der Waals surface area contributed by atoms with Gasteiger partial charge in [0.05, 0.1) is 0 Å². The van der Waals surface area contributed by atoms with Crippen molar-refractivity contribution in [1.82, 2.24) is 14.6 Å². The van der Waals surface area contributed by atoms with Gasteiger partial charge in [-0.25, -0.2) is 21.8 Å². The Balaban J connectivity index is 0.00000264. The molecule has 0 aromatic carbocycles. The van der Waals surface area contributed by atoms with Gasteiger partial charge in [0.15, 0.2) is 14.9 Å². The summed E-state index contributed by atoms with van der Waals surface area (Å²) in [6.45, 7) is 3.79. The van der Waals surface area contributed by atoms with Gasteiger partial charge in [0.2, 0.25) is 10.0 Å². The summed E-state index contributed by atoms with van der Waals surface area (Å²) >= 11 is 0. The first kappa shape index (κ1) is 20.3. The molecule has 2 rings (SSSR count). The summed E-state index contributed by atoms with van der Waals surface area (Å²) in [7, 11) is -7.11. The van der Waals surface area contributed by atoms with Crippen molar-refractivity contribution in [3.63, 3.8) is 0 Å². The maximum atomic E-state index is 12.8. The van der Waals surface area contributed by atoms with Crippen molar-refractivity contribution in [1.29, 1.82) is 0 Å². The van der Waals surface area contributed by atoms with Crippen molar-refractivity contribution in [2.24, 2.45) is 0 Å². The lowest BCUT2D eigenvalue weighted by Crippen LogP contribution is -2.42. The number of hydrogen-bond donors (Lipinski definition) is 1. The standard InChI is InChI=1S/C13H21N3O4S2.ClH/c1-3-8-16(11-6-7-14-9-11)22(19,20)12-4-5-13(15-10-12)21(2,17)18;/h4-5,10-11,14H,3,6-9H2,1-2H3;1H. The predicted octanol–water partition coefficient (Wildman–Crippen LogP) is 0.669. The van der Waals surface area contributed by atoms with Crippen LogP contribution in [-0.4, -0.2) is 58.1 Å². The van der Waals surface area contributed by atoms with Crippen LogP contribution >= 0.6 is 12.4 Å². The molecule has 1 aromatic heterocycles. The van der Waals surface area contributed by atoms with Gasteiger partial charge in [-0.3, -0.25) is 0 Å². The summed E-state index contributed by atoms with van der Waals surface area (Å²) in [6.07, 6.45) is 3.65. The molecule has 23 heavy (non-hydrogen) atoms. The third-order valence-electron chi connectivity index (χ3n) is 3.58. The maximum Gasteiger partial charge on any atom is 0.244 e. The molecule has 7 nitrogen and oxygen atoms in total. The third kappa shape index (κ3) is 4.63. The molecule has 0 aliphatic carbocycles. The van der Waals surface area contributed by atoms with Crippen LogP contribution in [0.5, 0.6) is 0 Å². The first-order valence-corrected chi connectivity index (χ1v) is 10.5. The van der Waals surface area contributed by atoms with Crippen molar-refractivity contribution < 1.29 is 16.8 Å². The van der Waals surface area contributed by atoms with Crippen molar-refractivity contribution >= 4 is 32.3 Å². The number of sulfone groups is 1. The Morgan fingerprint density at radius 2 is 2.00 bits per heavy atom. The minimum absolute atomic E-state index is 0. The number of nitrogens with one attached hydrogen (secondary N) is 1. The number of halogens is 1. The summed E-state index contributed by atoms with van der Waals surface area (Å²) in [4.78, 5) is 3.80. The topological polar surface area (TPSA) is 96.4 Å². The Morgan fingerprint density at radius 3 is 2.43 bits per heavy atom. The average molecular weight is 384 g/mol. The first-order valence-electron chi connectivity index (χ1n) is 7.15. The molecule has 1 aliphatic heterocycles. The molecule has 2 heterocycles. The number of aromatic nitrogens is 1. The molecular weight excluding hydrogens is 362 g/mol. The van der Waals surface area contributed by atoms with Gasteiger partial charge in [-0.1, -0.05) is 6.92 Å². The van der Waals surface area contributed by atoms with Gasteiger partial charge in [-0.05, 0) is 31.5 Å². The van der Waals surface area contributed by atoms with Crippen molar-refractivity contribution in [2.45, 2.75) is 35.7 Å². The van der Waals surface area contributed by atoms with Gasteiger partial charge < -0.3 is 5.32 Å². The van der Waals surface area contributed by atoms with Crippen LogP contribution in [0.1, 0.15) is 19.8 Å². The summed E-state index contributed by atoms with van der Waals surface area (Å²) in [6, 6.07) is 2.47. The zero-order chi connectivity index (χ0) is 16.4. The quantitative estimate of drug-likeness (QED) is 0.775. The highest BCUT2D eigenvalue weighted by Crippen LogP contribution is 2.21. The lowest BCUT2D eigenvalue weighted by atomic mass is 10.2. The van der Waals surface area contributed by atoms with Gasteiger partial charge >= 0.3 is 0 Å². The Morgan fingerprint density at radius 1 is 1.30 bits per heavy atom. The summed E-state index contributed by atoms with van der Waals surface area (Å²) in [5.74, 6) is 0. The number of hydrogen-bond acceptors (Lipinski definition) is 6. The normalized spacial score (nSPS) is 18.8. The van der Waals surface area contributed by atoms with Crippen molar-refractivity contribution in [2.75, 3.05) is 25.9 Å². The highest BCUT2D eigenvalue weighted by Gasteiger charge is 2.32. The summed E-state index contributed by atoms with van der Waals surface area (Å²) < 4.78 is 49.9. The monoisotopic (exact) mass is 383 g/mol. The predicted molar refractivity (Wildman–Crippen MR) is 90.1 cm³/mol. The Hall–Kier alpha value is -0.740. The van der Waals surface area contributed by atoms with E-state index in [1.807, 2.05) is 6.92 Å². The molecule has 10 heteroatoms. The van der Waals surface area contributed by atoms with E-state index < -0.39 is 19.9 Å². The largest absolute Gasteiger partial charge is 0.315 e. The molecule has 0 bridgehead atoms. The minimum Gasteiger partial charge on any atom is -0.315 e. The number of nitrogens with zero attached hydrogens (tertiary/aromatic N) is 2. The zero-order valence-corrected chi connectivity index (χ0v) is 15.5. The van der Waals surface area contributed by atoms with Crippen molar-refractivity contribution in [3.8, 4) is 0 Å². The van der Waals surface area contributed by atoms with Crippen LogP contribution in [0.15, 0.2) is 28.3 Å². The molecule has 0 radical (unpaired) electrons. The minimum atomic E-state index is -3.67. The Kier molecular flexibility index (Phi) is 6.96. The molecular formula is C13H22ClN3O4S2. The molecule has 0 amide bonds. The lowest BCUT2D eigenvalue weighted by Gasteiger charge is -2.27. The van der Waals surface area contributed by atoms with Crippen LogP contribution in [0.2, 0.25) is 0 Å². The van der Waals surface area contributed by atoms with Crippen LogP contribution < -0.4 is 5.32 Å². The van der Waals surface area contributed by atoms with E-state index in [4.69, 9.17) is 0 Å². The smallest absolute Gasteiger partial charge is 0.244 e. The second kappa shape index (κ2) is 7.89. The van der Waals surface area contributed by atoms with Crippen LogP contribution in [0, 0.1) is 0 Å². The highest BCUT2D eigenvalue weighted by atomic mass is 35.5. The van der Waals surface area contributed by atoms with Gasteiger partial charge in [-0.2, -0.15) is 4.31 Å². The van der Waals surface area contributed by atoms with Crippen LogP contribution in [-0.2, 0) is 19.9 Å². The molecule has 132 valence electrons. The van der Waals surface area contributed by atoms with E-state index in [1.54, 1.807) is 0 Å². The number of pyridine rings is 1. The zero-order valence-electron chi connectivity index (χ0n) is 13.1. The maximum absolute atomic E-state index is 12.8. The van der Waals surface area contributed by atoms with Crippen LogP contribution in [0.25, 0.3) is 0 Å². The van der Waals surface area contributed by atoms with Crippen LogP contribution in [0.4, 0.5) is 0 Å². The van der Waals surface area contributed by atoms with E-state index in [-0.39, 0.29) is 28.4 Å². The lowest BCUT2D eigenvalue weighted by molar-refractivity contribution is 0.335. The van der Waals surface area contributed by atoms with Crippen molar-refractivity contribution in [3.05, 3.63) is 18.3 Å². The second-order valence-corrected chi connectivity index (χ2v) is 9.22. The van der Waals surface area contributed by atoms with E-state index in [1.165, 1.54) is 16.4 Å². The van der Waals surface area contributed by atoms with Gasteiger partial charge in [-0.15, -0.1) is 12.4 Å². The number of rotatable bonds is 6. The molecule has 1 aromatic rings. The molecule has 0 saturated carbocycles. The van der Waals surface area contributed by atoms with E-state index in [0.29, 0.717) is 19.5 Å². The molecule has 1 N–H and O–H groups in total. The van der Waals surface area contributed by atoms with E-state index >= 15 is 0 Å². The fraction of sp³-hybridized carbons (Fsp3) is 0.615. The molecule has 1 atom stereocenters. The average Bonchev–Trinajstić information content (AvgIpc) is 2.97.